The molecule has 98 valence electrons. The van der Waals surface area contributed by atoms with E-state index < -0.39 is 17.8 Å². The van der Waals surface area contributed by atoms with Gasteiger partial charge in [-0.2, -0.15) is 0 Å². The lowest BCUT2D eigenvalue weighted by Gasteiger charge is -2.26. The van der Waals surface area contributed by atoms with Crippen molar-refractivity contribution in [3.8, 4) is 5.75 Å². The summed E-state index contributed by atoms with van der Waals surface area (Å²) in [5, 5.41) is 22.2. The highest BCUT2D eigenvalue weighted by Gasteiger charge is 2.32. The normalized spacial score (nSPS) is 23.1. The summed E-state index contributed by atoms with van der Waals surface area (Å²) in [6.45, 7) is 0.886. The van der Waals surface area contributed by atoms with E-state index in [2.05, 4.69) is 5.32 Å². The van der Waals surface area contributed by atoms with Crippen molar-refractivity contribution in [2.45, 2.75) is 12.1 Å². The highest BCUT2D eigenvalue weighted by atomic mass is 19.1. The summed E-state index contributed by atoms with van der Waals surface area (Å²) in [6.07, 6.45) is -0.658. The third-order valence-electron chi connectivity index (χ3n) is 3.16. The summed E-state index contributed by atoms with van der Waals surface area (Å²) >= 11 is 0. The predicted octanol–water partition coefficient (Wildman–Crippen LogP) is -0.0640. The van der Waals surface area contributed by atoms with E-state index in [9.17, 15) is 19.4 Å². The number of nitrogens with zero attached hydrogens (tertiary/aromatic N) is 1. The Bertz CT molecular complexity index is 467. The number of phenols is 1. The maximum atomic E-state index is 13.1. The predicted molar refractivity (Wildman–Crippen MR) is 62.8 cm³/mol. The second kappa shape index (κ2) is 4.91. The van der Waals surface area contributed by atoms with Crippen LogP contribution < -0.4 is 5.32 Å². The molecule has 5 nitrogen and oxygen atoms in total. The molecule has 0 saturated carbocycles. The number of aliphatic hydroxyl groups excluding tert-OH is 1. The van der Waals surface area contributed by atoms with Crippen molar-refractivity contribution in [2.24, 2.45) is 0 Å². The monoisotopic (exact) mass is 254 g/mol. The molecule has 2 atom stereocenters. The lowest BCUT2D eigenvalue weighted by molar-refractivity contribution is 0.0578. The van der Waals surface area contributed by atoms with E-state index in [1.807, 2.05) is 0 Å². The molecule has 2 rings (SSSR count). The molecule has 0 unspecified atom stereocenters. The van der Waals surface area contributed by atoms with E-state index in [4.69, 9.17) is 0 Å². The van der Waals surface area contributed by atoms with Crippen LogP contribution in [0.25, 0.3) is 0 Å². The molecule has 0 radical (unpaired) electrons. The zero-order valence-corrected chi connectivity index (χ0v) is 9.93. The largest absolute Gasteiger partial charge is 0.507 e. The van der Waals surface area contributed by atoms with Crippen molar-refractivity contribution in [1.29, 1.82) is 0 Å². The minimum absolute atomic E-state index is 0.100. The van der Waals surface area contributed by atoms with Crippen LogP contribution in [0.1, 0.15) is 10.4 Å². The van der Waals surface area contributed by atoms with Crippen LogP contribution in [0, 0.1) is 5.82 Å². The number of carbonyl (C=O) groups excluding carboxylic acids is 1. The highest BCUT2D eigenvalue weighted by molar-refractivity contribution is 5.96. The number of likely N-dealkylation sites (N-methyl/N-ethyl adjacent to an activating group) is 1. The topological polar surface area (TPSA) is 72.8 Å². The van der Waals surface area contributed by atoms with Crippen molar-refractivity contribution in [1.82, 2.24) is 10.2 Å². The lowest BCUT2D eigenvalue weighted by Crippen LogP contribution is -2.44. The molecular weight excluding hydrogens is 239 g/mol. The summed E-state index contributed by atoms with van der Waals surface area (Å²) in [4.78, 5) is 13.4. The van der Waals surface area contributed by atoms with Gasteiger partial charge in [0.1, 0.15) is 11.6 Å². The summed E-state index contributed by atoms with van der Waals surface area (Å²) in [5.74, 6) is -1.37. The molecular formula is C12H15FN2O3. The Balaban J connectivity index is 2.22. The van der Waals surface area contributed by atoms with E-state index in [1.54, 1.807) is 0 Å². The van der Waals surface area contributed by atoms with Gasteiger partial charge >= 0.3 is 0 Å². The van der Waals surface area contributed by atoms with Gasteiger partial charge in [0.15, 0.2) is 0 Å². The number of rotatable bonds is 2. The molecule has 1 aliphatic heterocycles. The maximum Gasteiger partial charge on any atom is 0.257 e. The lowest BCUT2D eigenvalue weighted by atomic mass is 10.1. The zero-order chi connectivity index (χ0) is 13.3. The number of phenolic OH excluding ortho intramolecular Hbond substituents is 1. The molecule has 6 heteroatoms. The van der Waals surface area contributed by atoms with Gasteiger partial charge < -0.3 is 20.4 Å². The van der Waals surface area contributed by atoms with Crippen LogP contribution in [0.4, 0.5) is 4.39 Å². The van der Waals surface area contributed by atoms with Gasteiger partial charge in [-0.15, -0.1) is 0 Å². The molecule has 0 aromatic heterocycles. The Hall–Kier alpha value is -1.66. The van der Waals surface area contributed by atoms with E-state index in [0.29, 0.717) is 13.1 Å². The van der Waals surface area contributed by atoms with Crippen LogP contribution in [-0.4, -0.2) is 53.3 Å². The van der Waals surface area contributed by atoms with Gasteiger partial charge in [0.2, 0.25) is 0 Å². The number of aromatic hydroxyl groups is 1. The van der Waals surface area contributed by atoms with Gasteiger partial charge in [-0.25, -0.2) is 4.39 Å². The van der Waals surface area contributed by atoms with Gasteiger partial charge in [0.05, 0.1) is 17.7 Å². The smallest absolute Gasteiger partial charge is 0.257 e. The molecule has 1 heterocycles. The minimum atomic E-state index is -0.658. The molecule has 1 aliphatic rings. The summed E-state index contributed by atoms with van der Waals surface area (Å²) < 4.78 is 13.1. The molecule has 18 heavy (non-hydrogen) atoms. The van der Waals surface area contributed by atoms with Crippen LogP contribution in [0.5, 0.6) is 5.75 Å². The fourth-order valence-electron chi connectivity index (χ4n) is 2.07. The average molecular weight is 254 g/mol. The molecule has 1 fully saturated rings. The van der Waals surface area contributed by atoms with Gasteiger partial charge in [-0.3, -0.25) is 4.79 Å². The summed E-state index contributed by atoms with van der Waals surface area (Å²) in [5.41, 5.74) is -0.100. The van der Waals surface area contributed by atoms with Crippen LogP contribution in [0.15, 0.2) is 18.2 Å². The highest BCUT2D eigenvalue weighted by Crippen LogP contribution is 2.21. The Morgan fingerprint density at radius 2 is 2.22 bits per heavy atom. The van der Waals surface area contributed by atoms with Crippen LogP contribution >= 0.6 is 0 Å². The first-order valence-corrected chi connectivity index (χ1v) is 5.65. The van der Waals surface area contributed by atoms with Crippen molar-refractivity contribution in [3.63, 3.8) is 0 Å². The third kappa shape index (κ3) is 2.30. The van der Waals surface area contributed by atoms with Crippen LogP contribution in [0.2, 0.25) is 0 Å². The fourth-order valence-corrected chi connectivity index (χ4v) is 2.07. The van der Waals surface area contributed by atoms with E-state index in [1.165, 1.54) is 11.9 Å². The number of β-amino-alcohol motifs (C(OH)–C–C–N with tert-alkyl or cyclic N) is 1. The van der Waals surface area contributed by atoms with Crippen LogP contribution in [0.3, 0.4) is 0 Å². The second-order valence-corrected chi connectivity index (χ2v) is 4.37. The molecule has 0 bridgehead atoms. The van der Waals surface area contributed by atoms with Gasteiger partial charge in [-0.05, 0) is 18.2 Å². The van der Waals surface area contributed by atoms with Crippen molar-refractivity contribution < 1.29 is 19.4 Å². The Morgan fingerprint density at radius 1 is 1.50 bits per heavy atom. The first-order valence-electron chi connectivity index (χ1n) is 5.65. The van der Waals surface area contributed by atoms with Gasteiger partial charge in [0, 0.05) is 20.1 Å². The van der Waals surface area contributed by atoms with Crippen LogP contribution in [-0.2, 0) is 0 Å². The first kappa shape index (κ1) is 12.8. The molecule has 1 saturated heterocycles. The number of halogens is 1. The van der Waals surface area contributed by atoms with Gasteiger partial charge in [0.25, 0.3) is 5.91 Å². The summed E-state index contributed by atoms with van der Waals surface area (Å²) in [7, 11) is 1.52. The van der Waals surface area contributed by atoms with E-state index in [-0.39, 0.29) is 17.4 Å². The summed E-state index contributed by atoms with van der Waals surface area (Å²) in [6, 6.07) is 2.83. The number of hydrogen-bond donors (Lipinski definition) is 3. The number of amides is 1. The third-order valence-corrected chi connectivity index (χ3v) is 3.16. The Labute approximate surface area is 104 Å². The molecule has 0 aliphatic carbocycles. The minimum Gasteiger partial charge on any atom is -0.507 e. The number of hydrogen-bond acceptors (Lipinski definition) is 4. The molecule has 3 N–H and O–H groups in total. The Kier molecular flexibility index (Phi) is 3.49. The molecule has 0 spiro atoms. The molecule has 1 aromatic rings. The quantitative estimate of drug-likeness (QED) is 0.691. The standard InChI is InChI=1S/C12H15FN2O3/c1-15(9-5-14-6-11(9)17)12(18)8-4-7(13)2-3-10(8)16/h2-4,9,11,14,16-17H,5-6H2,1H3/t9-,11-/m0/s1. The van der Waals surface area contributed by atoms with Crippen molar-refractivity contribution >= 4 is 5.91 Å². The second-order valence-electron chi connectivity index (χ2n) is 4.37. The SMILES string of the molecule is CN(C(=O)c1cc(F)ccc1O)[C@H]1CNC[C@@H]1O. The van der Waals surface area contributed by atoms with Crippen molar-refractivity contribution in [2.75, 3.05) is 20.1 Å². The zero-order valence-electron chi connectivity index (χ0n) is 9.93. The number of aliphatic hydroxyl groups is 1. The number of carbonyl (C=O) groups is 1. The number of nitrogens with one attached hydrogen (secondary N) is 1. The van der Waals surface area contributed by atoms with E-state index in [0.717, 1.165) is 18.2 Å². The van der Waals surface area contributed by atoms with Gasteiger partial charge in [-0.1, -0.05) is 0 Å². The Morgan fingerprint density at radius 3 is 2.83 bits per heavy atom. The maximum absolute atomic E-state index is 13.1. The average Bonchev–Trinajstić information content (AvgIpc) is 2.77. The number of benzene rings is 1. The first-order chi connectivity index (χ1) is 8.50. The van der Waals surface area contributed by atoms with E-state index >= 15 is 0 Å². The molecule has 1 aromatic carbocycles. The molecule has 1 amide bonds. The fraction of sp³-hybridized carbons (Fsp3) is 0.417. The van der Waals surface area contributed by atoms with Crippen molar-refractivity contribution in [3.05, 3.63) is 29.6 Å².